The standard InChI is InChI=1S/C24H24FNO/c1-17-12-14-21(18(2)16-17)24(20-9-4-3-5-10-20)26-23(27)15-13-19-8-6-7-11-22(19)25/h3-12,14,16,24H,13,15H2,1-2H3,(H,26,27)/t24-/m0/s1. The molecule has 0 saturated carbocycles. The molecule has 0 heterocycles. The number of nitrogens with one attached hydrogen (secondary N) is 1. The maximum atomic E-state index is 13.8. The average Bonchev–Trinajstić information content (AvgIpc) is 2.67. The SMILES string of the molecule is Cc1ccc([C@@H](NC(=O)CCc2ccccc2F)c2ccccc2)c(C)c1. The Morgan fingerprint density at radius 3 is 2.37 bits per heavy atom. The number of carbonyl (C=O) groups is 1. The minimum Gasteiger partial charge on any atom is -0.345 e. The van der Waals surface area contributed by atoms with E-state index in [2.05, 4.69) is 37.4 Å². The lowest BCUT2D eigenvalue weighted by atomic mass is 9.93. The number of rotatable bonds is 6. The maximum Gasteiger partial charge on any atom is 0.221 e. The van der Waals surface area contributed by atoms with Crippen molar-refractivity contribution in [1.82, 2.24) is 5.32 Å². The molecule has 3 heteroatoms. The van der Waals surface area contributed by atoms with E-state index in [0.29, 0.717) is 12.0 Å². The zero-order valence-electron chi connectivity index (χ0n) is 15.7. The first-order chi connectivity index (χ1) is 13.0. The Kier molecular flexibility index (Phi) is 6.02. The van der Waals surface area contributed by atoms with E-state index in [0.717, 1.165) is 16.7 Å². The van der Waals surface area contributed by atoms with Crippen molar-refractivity contribution < 1.29 is 9.18 Å². The van der Waals surface area contributed by atoms with Gasteiger partial charge in [0.25, 0.3) is 0 Å². The van der Waals surface area contributed by atoms with Crippen LogP contribution in [0.2, 0.25) is 0 Å². The van der Waals surface area contributed by atoms with E-state index in [4.69, 9.17) is 0 Å². The molecule has 0 saturated heterocycles. The summed E-state index contributed by atoms with van der Waals surface area (Å²) in [6, 6.07) is 22.6. The van der Waals surface area contributed by atoms with Crippen LogP contribution in [-0.4, -0.2) is 5.91 Å². The number of hydrogen-bond donors (Lipinski definition) is 1. The highest BCUT2D eigenvalue weighted by Crippen LogP contribution is 2.26. The van der Waals surface area contributed by atoms with E-state index in [1.54, 1.807) is 18.2 Å². The van der Waals surface area contributed by atoms with E-state index in [1.807, 2.05) is 30.3 Å². The molecular weight excluding hydrogens is 337 g/mol. The van der Waals surface area contributed by atoms with Crippen LogP contribution >= 0.6 is 0 Å². The van der Waals surface area contributed by atoms with Crippen molar-refractivity contribution >= 4 is 5.91 Å². The van der Waals surface area contributed by atoms with E-state index in [1.165, 1.54) is 11.6 Å². The molecule has 0 unspecified atom stereocenters. The van der Waals surface area contributed by atoms with Crippen LogP contribution in [0.15, 0.2) is 72.8 Å². The normalized spacial score (nSPS) is 11.8. The van der Waals surface area contributed by atoms with Crippen LogP contribution in [0.5, 0.6) is 0 Å². The molecule has 27 heavy (non-hydrogen) atoms. The summed E-state index contributed by atoms with van der Waals surface area (Å²) in [7, 11) is 0. The number of aryl methyl sites for hydroxylation is 3. The number of carbonyl (C=O) groups excluding carboxylic acids is 1. The Morgan fingerprint density at radius 1 is 0.963 bits per heavy atom. The second-order valence-corrected chi connectivity index (χ2v) is 6.86. The molecule has 3 aromatic carbocycles. The molecule has 1 atom stereocenters. The van der Waals surface area contributed by atoms with Crippen molar-refractivity contribution in [2.75, 3.05) is 0 Å². The highest BCUT2D eigenvalue weighted by molar-refractivity contribution is 5.77. The van der Waals surface area contributed by atoms with Crippen LogP contribution < -0.4 is 5.32 Å². The second-order valence-electron chi connectivity index (χ2n) is 6.86. The van der Waals surface area contributed by atoms with Gasteiger partial charge in [0.15, 0.2) is 0 Å². The van der Waals surface area contributed by atoms with Gasteiger partial charge in [-0.3, -0.25) is 4.79 Å². The predicted molar refractivity (Wildman–Crippen MR) is 107 cm³/mol. The van der Waals surface area contributed by atoms with Crippen molar-refractivity contribution in [3.63, 3.8) is 0 Å². The molecule has 0 fully saturated rings. The summed E-state index contributed by atoms with van der Waals surface area (Å²) in [5.41, 5.74) is 5.00. The molecule has 0 aliphatic carbocycles. The summed E-state index contributed by atoms with van der Waals surface area (Å²) in [5.74, 6) is -0.355. The second kappa shape index (κ2) is 8.63. The van der Waals surface area contributed by atoms with Crippen molar-refractivity contribution in [2.45, 2.75) is 32.7 Å². The van der Waals surface area contributed by atoms with Crippen LogP contribution in [0.25, 0.3) is 0 Å². The van der Waals surface area contributed by atoms with E-state index >= 15 is 0 Å². The van der Waals surface area contributed by atoms with Gasteiger partial charge in [-0.25, -0.2) is 4.39 Å². The van der Waals surface area contributed by atoms with Gasteiger partial charge >= 0.3 is 0 Å². The van der Waals surface area contributed by atoms with Gasteiger partial charge in [-0.1, -0.05) is 72.3 Å². The molecule has 0 aromatic heterocycles. The fraction of sp³-hybridized carbons (Fsp3) is 0.208. The molecular formula is C24H24FNO. The monoisotopic (exact) mass is 361 g/mol. The molecule has 1 N–H and O–H groups in total. The Labute approximate surface area is 160 Å². The van der Waals surface area contributed by atoms with Gasteiger partial charge in [0.05, 0.1) is 6.04 Å². The van der Waals surface area contributed by atoms with Gasteiger partial charge in [0, 0.05) is 6.42 Å². The maximum absolute atomic E-state index is 13.8. The summed E-state index contributed by atoms with van der Waals surface area (Å²) < 4.78 is 13.8. The largest absolute Gasteiger partial charge is 0.345 e. The molecule has 1 amide bonds. The summed E-state index contributed by atoms with van der Waals surface area (Å²) in [5, 5.41) is 3.14. The Hall–Kier alpha value is -2.94. The summed E-state index contributed by atoms with van der Waals surface area (Å²) in [4.78, 5) is 12.6. The van der Waals surface area contributed by atoms with Crippen molar-refractivity contribution in [1.29, 1.82) is 0 Å². The highest BCUT2D eigenvalue weighted by Gasteiger charge is 2.18. The molecule has 0 spiro atoms. The smallest absolute Gasteiger partial charge is 0.221 e. The third-order valence-electron chi connectivity index (χ3n) is 4.75. The van der Waals surface area contributed by atoms with Crippen molar-refractivity contribution in [3.05, 3.63) is 106 Å². The molecule has 0 aliphatic rings. The zero-order chi connectivity index (χ0) is 19.2. The van der Waals surface area contributed by atoms with Crippen molar-refractivity contribution in [2.24, 2.45) is 0 Å². The molecule has 3 aromatic rings. The van der Waals surface area contributed by atoms with E-state index < -0.39 is 0 Å². The topological polar surface area (TPSA) is 29.1 Å². The highest BCUT2D eigenvalue weighted by atomic mass is 19.1. The molecule has 138 valence electrons. The fourth-order valence-electron chi connectivity index (χ4n) is 3.32. The molecule has 0 bridgehead atoms. The van der Waals surface area contributed by atoms with Crippen LogP contribution in [0.3, 0.4) is 0 Å². The van der Waals surface area contributed by atoms with Crippen molar-refractivity contribution in [3.8, 4) is 0 Å². The fourth-order valence-corrected chi connectivity index (χ4v) is 3.32. The van der Waals surface area contributed by atoms with Gasteiger partial charge in [-0.15, -0.1) is 0 Å². The van der Waals surface area contributed by atoms with E-state index in [-0.39, 0.29) is 24.2 Å². The summed E-state index contributed by atoms with van der Waals surface area (Å²) in [6.07, 6.45) is 0.627. The number of halogens is 1. The number of hydrogen-bond acceptors (Lipinski definition) is 1. The zero-order valence-corrected chi connectivity index (χ0v) is 15.7. The first-order valence-electron chi connectivity index (χ1n) is 9.19. The van der Waals surface area contributed by atoms with Crippen LogP contribution in [-0.2, 0) is 11.2 Å². The Bertz CT molecular complexity index is 921. The van der Waals surface area contributed by atoms with Gasteiger partial charge in [0.1, 0.15) is 5.82 Å². The molecule has 0 aliphatic heterocycles. The third-order valence-corrected chi connectivity index (χ3v) is 4.75. The third kappa shape index (κ3) is 4.82. The van der Waals surface area contributed by atoms with Crippen LogP contribution in [0.4, 0.5) is 4.39 Å². The quantitative estimate of drug-likeness (QED) is 0.636. The van der Waals surface area contributed by atoms with Crippen LogP contribution in [0.1, 0.15) is 40.3 Å². The number of amides is 1. The number of benzene rings is 3. The first kappa shape index (κ1) is 18.8. The first-order valence-corrected chi connectivity index (χ1v) is 9.19. The lowest BCUT2D eigenvalue weighted by Crippen LogP contribution is -2.30. The lowest BCUT2D eigenvalue weighted by molar-refractivity contribution is -0.121. The summed E-state index contributed by atoms with van der Waals surface area (Å²) in [6.45, 7) is 4.12. The summed E-state index contributed by atoms with van der Waals surface area (Å²) >= 11 is 0. The average molecular weight is 361 g/mol. The minimum absolute atomic E-state index is 0.0907. The molecule has 2 nitrogen and oxygen atoms in total. The van der Waals surface area contributed by atoms with Crippen LogP contribution in [0, 0.1) is 19.7 Å². The van der Waals surface area contributed by atoms with E-state index in [9.17, 15) is 9.18 Å². The molecule has 0 radical (unpaired) electrons. The van der Waals surface area contributed by atoms with Gasteiger partial charge in [-0.05, 0) is 48.6 Å². The minimum atomic E-state index is -0.265. The predicted octanol–water partition coefficient (Wildman–Crippen LogP) is 5.28. The lowest BCUT2D eigenvalue weighted by Gasteiger charge is -2.22. The van der Waals surface area contributed by atoms with Gasteiger partial charge in [-0.2, -0.15) is 0 Å². The Balaban J connectivity index is 1.79. The van der Waals surface area contributed by atoms with Gasteiger partial charge in [0.2, 0.25) is 5.91 Å². The molecule has 3 rings (SSSR count). The van der Waals surface area contributed by atoms with Gasteiger partial charge < -0.3 is 5.32 Å². The Morgan fingerprint density at radius 2 is 1.67 bits per heavy atom.